The Kier molecular flexibility index (Phi) is 7.27. The molecule has 3 heterocycles. The highest BCUT2D eigenvalue weighted by Crippen LogP contribution is 2.33. The number of fused-ring (bicyclic) bond motifs is 1. The number of aromatic nitrogens is 1. The van der Waals surface area contributed by atoms with Crippen LogP contribution in [0.4, 0.5) is 0 Å². The molecule has 0 amide bonds. The molecule has 4 aromatic rings. The lowest BCUT2D eigenvalue weighted by molar-refractivity contribution is -0.139. The van der Waals surface area contributed by atoms with Gasteiger partial charge in [0.1, 0.15) is 17.3 Å². The third kappa shape index (κ3) is 4.77. The van der Waals surface area contributed by atoms with Gasteiger partial charge in [-0.1, -0.05) is 41.7 Å². The molecular weight excluding hydrogens is 532 g/mol. The first kappa shape index (κ1) is 26.9. The zero-order valence-electron chi connectivity index (χ0n) is 22.3. The first-order valence-corrected chi connectivity index (χ1v) is 13.3. The number of rotatable bonds is 7. The lowest BCUT2D eigenvalue weighted by Crippen LogP contribution is -2.40. The highest BCUT2D eigenvalue weighted by molar-refractivity contribution is 7.07. The minimum Gasteiger partial charge on any atom is -0.496 e. The van der Waals surface area contributed by atoms with E-state index in [2.05, 4.69) is 4.99 Å². The van der Waals surface area contributed by atoms with E-state index in [1.807, 2.05) is 25.1 Å². The number of benzene rings is 2. The number of esters is 1. The molecule has 1 aliphatic heterocycles. The molecule has 1 atom stereocenters. The van der Waals surface area contributed by atoms with E-state index < -0.39 is 18.0 Å². The van der Waals surface area contributed by atoms with Crippen molar-refractivity contribution in [3.63, 3.8) is 0 Å². The number of aryl methyl sites for hydroxylation is 1. The Morgan fingerprint density at radius 3 is 2.65 bits per heavy atom. The van der Waals surface area contributed by atoms with E-state index in [0.717, 1.165) is 5.56 Å². The average molecular weight is 559 g/mol. The van der Waals surface area contributed by atoms with Crippen LogP contribution in [0, 0.1) is 6.92 Å². The second kappa shape index (κ2) is 10.8. The predicted molar refractivity (Wildman–Crippen MR) is 149 cm³/mol. The fourth-order valence-electron chi connectivity index (χ4n) is 4.70. The highest BCUT2D eigenvalue weighted by atomic mass is 32.1. The van der Waals surface area contributed by atoms with Crippen LogP contribution >= 0.6 is 11.3 Å². The number of thiazole rings is 1. The van der Waals surface area contributed by atoms with Gasteiger partial charge in [0.25, 0.3) is 5.56 Å². The van der Waals surface area contributed by atoms with Crippen molar-refractivity contribution < 1.29 is 28.6 Å². The van der Waals surface area contributed by atoms with Crippen LogP contribution < -0.4 is 19.6 Å². The van der Waals surface area contributed by atoms with Gasteiger partial charge in [-0.05, 0) is 56.2 Å². The van der Waals surface area contributed by atoms with Gasteiger partial charge < -0.3 is 19.0 Å². The Bertz CT molecular complexity index is 1860. The van der Waals surface area contributed by atoms with Crippen LogP contribution in [-0.2, 0) is 9.53 Å². The van der Waals surface area contributed by atoms with E-state index in [-0.39, 0.29) is 23.3 Å². The van der Waals surface area contributed by atoms with Crippen molar-refractivity contribution >= 4 is 29.4 Å². The largest absolute Gasteiger partial charge is 0.496 e. The maximum Gasteiger partial charge on any atom is 0.338 e. The van der Waals surface area contributed by atoms with Crippen molar-refractivity contribution in [3.05, 3.63) is 108 Å². The van der Waals surface area contributed by atoms with Crippen LogP contribution in [0.1, 0.15) is 47.1 Å². The van der Waals surface area contributed by atoms with E-state index in [0.29, 0.717) is 43.4 Å². The average Bonchev–Trinajstić information content (AvgIpc) is 3.52. The summed E-state index contributed by atoms with van der Waals surface area (Å²) in [5, 5.41) is 9.53. The number of allylic oxidation sites excluding steroid dienone is 1. The Labute approximate surface area is 232 Å². The molecule has 0 unspecified atom stereocenters. The number of aromatic carboxylic acids is 1. The molecule has 5 rings (SSSR count). The number of carboxylic acids is 1. The van der Waals surface area contributed by atoms with Gasteiger partial charge in [-0.25, -0.2) is 14.6 Å². The molecule has 0 fully saturated rings. The summed E-state index contributed by atoms with van der Waals surface area (Å²) in [7, 11) is 1.57. The number of ether oxygens (including phenoxy) is 2. The van der Waals surface area contributed by atoms with Crippen molar-refractivity contribution in [2.45, 2.75) is 26.8 Å². The predicted octanol–water partition coefficient (Wildman–Crippen LogP) is 4.07. The number of hydrogen-bond donors (Lipinski definition) is 1. The molecule has 204 valence electrons. The van der Waals surface area contributed by atoms with Gasteiger partial charge in [0, 0.05) is 11.6 Å². The van der Waals surface area contributed by atoms with Crippen LogP contribution in [0.3, 0.4) is 0 Å². The van der Waals surface area contributed by atoms with E-state index in [1.165, 1.54) is 22.0 Å². The van der Waals surface area contributed by atoms with E-state index >= 15 is 0 Å². The van der Waals surface area contributed by atoms with Crippen LogP contribution in [-0.4, -0.2) is 35.3 Å². The number of nitrogens with zero attached hydrogens (tertiary/aromatic N) is 2. The highest BCUT2D eigenvalue weighted by Gasteiger charge is 2.33. The van der Waals surface area contributed by atoms with Crippen LogP contribution in [0.2, 0.25) is 0 Å². The third-order valence-electron chi connectivity index (χ3n) is 6.59. The van der Waals surface area contributed by atoms with Crippen LogP contribution in [0.25, 0.3) is 17.4 Å². The first-order chi connectivity index (χ1) is 19.2. The molecule has 2 aromatic heterocycles. The second-order valence-corrected chi connectivity index (χ2v) is 10.1. The van der Waals surface area contributed by atoms with Crippen molar-refractivity contribution in [1.29, 1.82) is 0 Å². The molecule has 0 saturated heterocycles. The maximum absolute atomic E-state index is 13.8. The monoisotopic (exact) mass is 558 g/mol. The number of carboxylic acid groups (broad SMARTS) is 1. The summed E-state index contributed by atoms with van der Waals surface area (Å²) in [6.07, 6.45) is 1.59. The topological polar surface area (TPSA) is 120 Å². The number of carbonyl (C=O) groups is 2. The SMILES string of the molecule is CCOC(=O)C1=C(C)N=c2s/c(=C/c3ccc(-c4ccccc4C(=O)O)o3)c(=O)n2[C@H]1c1ccc(C)c(OC)c1. The van der Waals surface area contributed by atoms with Crippen LogP contribution in [0.5, 0.6) is 5.75 Å². The molecule has 0 radical (unpaired) electrons. The summed E-state index contributed by atoms with van der Waals surface area (Å²) in [6, 6.07) is 14.6. The van der Waals surface area contributed by atoms with Crippen molar-refractivity contribution in [2.24, 2.45) is 4.99 Å². The minimum atomic E-state index is -1.07. The van der Waals surface area contributed by atoms with Gasteiger partial charge in [0.05, 0.1) is 41.1 Å². The van der Waals surface area contributed by atoms with Crippen LogP contribution in [0.15, 0.2) is 80.1 Å². The second-order valence-electron chi connectivity index (χ2n) is 9.08. The van der Waals surface area contributed by atoms with E-state index in [4.69, 9.17) is 13.9 Å². The summed E-state index contributed by atoms with van der Waals surface area (Å²) in [5.41, 5.74) is 2.51. The Hall–Kier alpha value is -4.70. The molecule has 0 saturated carbocycles. The molecule has 9 nitrogen and oxygen atoms in total. The van der Waals surface area contributed by atoms with Gasteiger partial charge in [-0.15, -0.1) is 0 Å². The standard InChI is InChI=1S/C30H26N2O7S/c1-5-38-29(36)25-17(3)31-30-32(26(25)18-11-10-16(2)23(14-18)37-4)27(33)24(40-30)15-19-12-13-22(39-19)20-8-6-7-9-21(20)28(34)35/h6-15,26H,5H2,1-4H3,(H,34,35)/b24-15+/t26-/m0/s1. The van der Waals surface area contributed by atoms with Gasteiger partial charge in [-0.2, -0.15) is 0 Å². The zero-order valence-corrected chi connectivity index (χ0v) is 23.1. The first-order valence-electron chi connectivity index (χ1n) is 12.5. The Morgan fingerprint density at radius 1 is 1.15 bits per heavy atom. The summed E-state index contributed by atoms with van der Waals surface area (Å²) in [5.74, 6) is -0.252. The van der Waals surface area contributed by atoms with E-state index in [9.17, 15) is 19.5 Å². The molecule has 0 spiro atoms. The fraction of sp³-hybridized carbons (Fsp3) is 0.200. The molecule has 10 heteroatoms. The summed E-state index contributed by atoms with van der Waals surface area (Å²) < 4.78 is 18.6. The fourth-order valence-corrected chi connectivity index (χ4v) is 5.73. The van der Waals surface area contributed by atoms with Gasteiger partial charge in [0.15, 0.2) is 4.80 Å². The van der Waals surface area contributed by atoms with Crippen molar-refractivity contribution in [3.8, 4) is 17.1 Å². The molecular formula is C30H26N2O7S. The van der Waals surface area contributed by atoms with Gasteiger partial charge >= 0.3 is 11.9 Å². The maximum atomic E-state index is 13.8. The lowest BCUT2D eigenvalue weighted by atomic mass is 9.95. The third-order valence-corrected chi connectivity index (χ3v) is 7.57. The quantitative estimate of drug-likeness (QED) is 0.340. The van der Waals surface area contributed by atoms with Gasteiger partial charge in [-0.3, -0.25) is 9.36 Å². The normalized spacial score (nSPS) is 15.0. The Morgan fingerprint density at radius 2 is 1.93 bits per heavy atom. The molecule has 0 bridgehead atoms. The zero-order chi connectivity index (χ0) is 28.6. The molecule has 40 heavy (non-hydrogen) atoms. The minimum absolute atomic E-state index is 0.110. The van der Waals surface area contributed by atoms with E-state index in [1.54, 1.807) is 57.4 Å². The molecule has 1 N–H and O–H groups in total. The number of carbonyl (C=O) groups excluding carboxylic acids is 1. The molecule has 0 aliphatic carbocycles. The Balaban J connectivity index is 1.66. The number of hydrogen-bond acceptors (Lipinski definition) is 8. The van der Waals surface area contributed by atoms with Crippen molar-refractivity contribution in [1.82, 2.24) is 4.57 Å². The number of furan rings is 1. The molecule has 1 aliphatic rings. The summed E-state index contributed by atoms with van der Waals surface area (Å²) in [4.78, 5) is 43.6. The smallest absolute Gasteiger partial charge is 0.338 e. The summed E-state index contributed by atoms with van der Waals surface area (Å²) in [6.45, 7) is 5.53. The van der Waals surface area contributed by atoms with Gasteiger partial charge in [0.2, 0.25) is 0 Å². The number of methoxy groups -OCH3 is 1. The van der Waals surface area contributed by atoms with Crippen molar-refractivity contribution in [2.75, 3.05) is 13.7 Å². The lowest BCUT2D eigenvalue weighted by Gasteiger charge is -2.25. The summed E-state index contributed by atoms with van der Waals surface area (Å²) >= 11 is 1.17. The molecule has 2 aromatic carbocycles.